The van der Waals surface area contributed by atoms with Crippen LogP contribution >= 0.6 is 0 Å². The molecule has 30 heavy (non-hydrogen) atoms. The van der Waals surface area contributed by atoms with E-state index < -0.39 is 18.3 Å². The Morgan fingerprint density at radius 1 is 1.10 bits per heavy atom. The molecule has 0 spiro atoms. The number of rotatable bonds is 8. The minimum atomic E-state index is -0.451. The molecule has 2 heterocycles. The van der Waals surface area contributed by atoms with Crippen LogP contribution in [0.15, 0.2) is 37.0 Å². The monoisotopic (exact) mass is 414 g/mol. The predicted octanol–water partition coefficient (Wildman–Crippen LogP) is 3.98. The summed E-state index contributed by atoms with van der Waals surface area (Å²) in [6, 6.07) is 7.79. The SMILES string of the molecule is C=Cc1ccccc1OCCOCc1c(B2OC(C)(C)C(C)(C)O2)cnn1C.CC. The number of benzene rings is 1. The van der Waals surface area contributed by atoms with E-state index >= 15 is 0 Å². The smallest absolute Gasteiger partial charge is 0.491 e. The van der Waals surface area contributed by atoms with Gasteiger partial charge in [0.2, 0.25) is 0 Å². The van der Waals surface area contributed by atoms with Gasteiger partial charge in [-0.05, 0) is 33.8 Å². The van der Waals surface area contributed by atoms with Crippen molar-refractivity contribution < 1.29 is 18.8 Å². The van der Waals surface area contributed by atoms with Crippen molar-refractivity contribution in [2.75, 3.05) is 13.2 Å². The first-order chi connectivity index (χ1) is 14.2. The van der Waals surface area contributed by atoms with Crippen molar-refractivity contribution in [1.82, 2.24) is 9.78 Å². The molecule has 1 saturated heterocycles. The van der Waals surface area contributed by atoms with Gasteiger partial charge in [0.15, 0.2) is 0 Å². The molecular formula is C23H35BN2O4. The van der Waals surface area contributed by atoms with Gasteiger partial charge in [-0.25, -0.2) is 0 Å². The molecule has 0 bridgehead atoms. The first kappa shape index (κ1) is 24.2. The summed E-state index contributed by atoms with van der Waals surface area (Å²) < 4.78 is 25.7. The Balaban J connectivity index is 0.00000155. The molecule has 0 unspecified atom stereocenters. The standard InChI is InChI=1S/C21H29BN2O4.C2H6/c1-7-16-10-8-9-11-19(16)26-13-12-25-15-18-17(14-23-24(18)6)22-27-20(2,3)21(4,5)28-22;1-2/h7-11,14H,1,12-13,15H2,2-6H3;1-2H3. The van der Waals surface area contributed by atoms with Gasteiger partial charge in [0.25, 0.3) is 0 Å². The van der Waals surface area contributed by atoms with Crippen molar-refractivity contribution in [3.05, 3.63) is 48.3 Å². The molecule has 2 aromatic rings. The molecule has 0 amide bonds. The van der Waals surface area contributed by atoms with Gasteiger partial charge in [-0.2, -0.15) is 5.10 Å². The van der Waals surface area contributed by atoms with E-state index in [0.717, 1.165) is 22.5 Å². The van der Waals surface area contributed by atoms with Gasteiger partial charge in [-0.15, -0.1) is 0 Å². The van der Waals surface area contributed by atoms with Gasteiger partial charge in [-0.1, -0.05) is 44.7 Å². The van der Waals surface area contributed by atoms with E-state index in [9.17, 15) is 0 Å². The van der Waals surface area contributed by atoms with Crippen LogP contribution < -0.4 is 10.2 Å². The van der Waals surface area contributed by atoms with Crippen molar-refractivity contribution in [2.24, 2.45) is 7.05 Å². The lowest BCUT2D eigenvalue weighted by molar-refractivity contribution is 0.00578. The highest BCUT2D eigenvalue weighted by Gasteiger charge is 2.52. The molecule has 0 atom stereocenters. The molecule has 1 aromatic carbocycles. The fraction of sp³-hybridized carbons (Fsp3) is 0.522. The number of nitrogens with zero attached hydrogens (tertiary/aromatic N) is 2. The van der Waals surface area contributed by atoms with Crippen LogP contribution in [0.2, 0.25) is 0 Å². The molecular weight excluding hydrogens is 379 g/mol. The zero-order valence-corrected chi connectivity index (χ0v) is 19.4. The highest BCUT2D eigenvalue weighted by molar-refractivity contribution is 6.62. The second-order valence-corrected chi connectivity index (χ2v) is 7.90. The first-order valence-corrected chi connectivity index (χ1v) is 10.5. The molecule has 0 aliphatic carbocycles. The minimum Gasteiger partial charge on any atom is -0.491 e. The second-order valence-electron chi connectivity index (χ2n) is 7.90. The average molecular weight is 414 g/mol. The van der Waals surface area contributed by atoms with Crippen LogP contribution in [0.1, 0.15) is 52.8 Å². The molecule has 0 saturated carbocycles. The molecule has 164 valence electrons. The highest BCUT2D eigenvalue weighted by atomic mass is 16.7. The Hall–Kier alpha value is -2.09. The minimum absolute atomic E-state index is 0.391. The molecule has 1 aromatic heterocycles. The van der Waals surface area contributed by atoms with E-state index in [1.807, 2.05) is 72.9 Å². The number of hydrogen-bond acceptors (Lipinski definition) is 5. The molecule has 1 aliphatic rings. The second kappa shape index (κ2) is 10.3. The number of para-hydroxylation sites is 1. The fourth-order valence-corrected chi connectivity index (χ4v) is 2.98. The van der Waals surface area contributed by atoms with Crippen LogP contribution in [0.5, 0.6) is 5.75 Å². The van der Waals surface area contributed by atoms with Gasteiger partial charge in [0.05, 0.1) is 30.1 Å². The van der Waals surface area contributed by atoms with Crippen LogP contribution in [-0.2, 0) is 27.7 Å². The van der Waals surface area contributed by atoms with Crippen LogP contribution in [0.25, 0.3) is 6.08 Å². The predicted molar refractivity (Wildman–Crippen MR) is 122 cm³/mol. The summed E-state index contributed by atoms with van der Waals surface area (Å²) in [5.74, 6) is 0.805. The van der Waals surface area contributed by atoms with E-state index in [2.05, 4.69) is 11.7 Å². The maximum Gasteiger partial charge on any atom is 0.498 e. The van der Waals surface area contributed by atoms with E-state index in [-0.39, 0.29) is 0 Å². The quantitative estimate of drug-likeness (QED) is 0.483. The lowest BCUT2D eigenvalue weighted by Crippen LogP contribution is -2.41. The van der Waals surface area contributed by atoms with Gasteiger partial charge in [0.1, 0.15) is 12.4 Å². The third-order valence-corrected chi connectivity index (χ3v) is 5.46. The Morgan fingerprint density at radius 2 is 1.73 bits per heavy atom. The van der Waals surface area contributed by atoms with Crippen molar-refractivity contribution in [3.8, 4) is 5.75 Å². The van der Waals surface area contributed by atoms with E-state index in [4.69, 9.17) is 18.8 Å². The van der Waals surface area contributed by atoms with Crippen LogP contribution in [-0.4, -0.2) is 41.3 Å². The van der Waals surface area contributed by atoms with Crippen LogP contribution in [0, 0.1) is 0 Å². The summed E-state index contributed by atoms with van der Waals surface area (Å²) in [5.41, 5.74) is 2.02. The lowest BCUT2D eigenvalue weighted by Gasteiger charge is -2.32. The average Bonchev–Trinajstić information content (AvgIpc) is 3.19. The third-order valence-electron chi connectivity index (χ3n) is 5.46. The summed E-state index contributed by atoms with van der Waals surface area (Å²) in [7, 11) is 1.44. The summed E-state index contributed by atoms with van der Waals surface area (Å²) in [4.78, 5) is 0. The summed E-state index contributed by atoms with van der Waals surface area (Å²) >= 11 is 0. The summed E-state index contributed by atoms with van der Waals surface area (Å²) in [6.07, 6.45) is 3.57. The molecule has 3 rings (SSSR count). The Morgan fingerprint density at radius 3 is 2.37 bits per heavy atom. The lowest BCUT2D eigenvalue weighted by atomic mass is 9.79. The normalized spacial score (nSPS) is 16.7. The van der Waals surface area contributed by atoms with Crippen molar-refractivity contribution >= 4 is 18.7 Å². The number of ether oxygens (including phenoxy) is 2. The van der Waals surface area contributed by atoms with Crippen molar-refractivity contribution in [1.29, 1.82) is 0 Å². The fourth-order valence-electron chi connectivity index (χ4n) is 2.98. The molecule has 7 heteroatoms. The number of aryl methyl sites for hydroxylation is 1. The molecule has 1 fully saturated rings. The number of hydrogen-bond donors (Lipinski definition) is 0. The third kappa shape index (κ3) is 5.33. The first-order valence-electron chi connectivity index (χ1n) is 10.5. The highest BCUT2D eigenvalue weighted by Crippen LogP contribution is 2.36. The molecule has 1 aliphatic heterocycles. The van der Waals surface area contributed by atoms with E-state index in [0.29, 0.717) is 19.8 Å². The zero-order valence-electron chi connectivity index (χ0n) is 19.4. The van der Waals surface area contributed by atoms with Crippen LogP contribution in [0.4, 0.5) is 0 Å². The van der Waals surface area contributed by atoms with Crippen molar-refractivity contribution in [3.63, 3.8) is 0 Å². The Kier molecular flexibility index (Phi) is 8.29. The maximum atomic E-state index is 6.15. The number of aromatic nitrogens is 2. The van der Waals surface area contributed by atoms with Gasteiger partial charge >= 0.3 is 7.12 Å². The Bertz CT molecular complexity index is 816. The zero-order chi connectivity index (χ0) is 22.4. The van der Waals surface area contributed by atoms with Crippen LogP contribution in [0.3, 0.4) is 0 Å². The Labute approximate surface area is 181 Å². The van der Waals surface area contributed by atoms with E-state index in [1.54, 1.807) is 17.0 Å². The maximum absolute atomic E-state index is 6.15. The van der Waals surface area contributed by atoms with Crippen molar-refractivity contribution in [2.45, 2.75) is 59.4 Å². The van der Waals surface area contributed by atoms with Gasteiger partial charge in [-0.3, -0.25) is 4.68 Å². The summed E-state index contributed by atoms with van der Waals surface area (Å²) in [6.45, 7) is 17.3. The van der Waals surface area contributed by atoms with Gasteiger partial charge in [0, 0.05) is 24.3 Å². The topological polar surface area (TPSA) is 54.7 Å². The largest absolute Gasteiger partial charge is 0.498 e. The van der Waals surface area contributed by atoms with E-state index in [1.165, 1.54) is 0 Å². The molecule has 0 N–H and O–H groups in total. The molecule has 0 radical (unpaired) electrons. The van der Waals surface area contributed by atoms with Gasteiger partial charge < -0.3 is 18.8 Å². The molecule has 6 nitrogen and oxygen atoms in total. The summed E-state index contributed by atoms with van der Waals surface area (Å²) in [5, 5.41) is 4.36.